The first-order valence-electron chi connectivity index (χ1n) is 4.38. The maximum atomic E-state index is 12.7. The lowest BCUT2D eigenvalue weighted by Gasteiger charge is -2.07. The van der Waals surface area contributed by atoms with E-state index in [0.717, 1.165) is 6.26 Å². The largest absolute Gasteiger partial charge is 0.416 e. The molecule has 0 radical (unpaired) electrons. The van der Waals surface area contributed by atoms with Crippen LogP contribution in [0.15, 0.2) is 18.2 Å². The molecule has 0 saturated carbocycles. The van der Waals surface area contributed by atoms with Crippen LogP contribution in [0, 0.1) is 17.3 Å². The minimum atomic E-state index is -4.58. The number of nitriles is 1. The fraction of sp³-hybridized carbons (Fsp3) is 0.300. The fourth-order valence-corrected chi connectivity index (χ4v) is 0.807. The Kier molecular flexibility index (Phi) is 5.30. The SMILES string of the molecule is CC.N#COc1cc(C(F)(F)F)ccc1F. The molecular weight excluding hydrogens is 226 g/mol. The molecule has 0 aliphatic carbocycles. The topological polar surface area (TPSA) is 33.0 Å². The molecule has 0 heterocycles. The van der Waals surface area contributed by atoms with E-state index in [1.54, 1.807) is 0 Å². The van der Waals surface area contributed by atoms with Crippen molar-refractivity contribution in [3.63, 3.8) is 0 Å². The summed E-state index contributed by atoms with van der Waals surface area (Å²) in [7, 11) is 0. The second kappa shape index (κ2) is 5.95. The summed E-state index contributed by atoms with van der Waals surface area (Å²) in [5, 5.41) is 8.02. The Hall–Kier alpha value is -1.77. The minimum Gasteiger partial charge on any atom is -0.385 e. The van der Waals surface area contributed by atoms with Gasteiger partial charge in [0.05, 0.1) is 5.56 Å². The zero-order valence-corrected chi connectivity index (χ0v) is 8.60. The van der Waals surface area contributed by atoms with Gasteiger partial charge in [-0.1, -0.05) is 13.8 Å². The number of ether oxygens (including phenoxy) is 1. The molecule has 88 valence electrons. The van der Waals surface area contributed by atoms with Crippen LogP contribution in [-0.2, 0) is 6.18 Å². The molecule has 0 atom stereocenters. The number of hydrogen-bond donors (Lipinski definition) is 0. The van der Waals surface area contributed by atoms with Crippen LogP contribution in [0.2, 0.25) is 0 Å². The molecule has 1 aromatic carbocycles. The van der Waals surface area contributed by atoms with Crippen LogP contribution in [0.25, 0.3) is 0 Å². The summed E-state index contributed by atoms with van der Waals surface area (Å²) < 4.78 is 52.9. The maximum absolute atomic E-state index is 12.7. The molecule has 0 aromatic heterocycles. The summed E-state index contributed by atoms with van der Waals surface area (Å²) in [4.78, 5) is 0. The van der Waals surface area contributed by atoms with Gasteiger partial charge in [0.15, 0.2) is 11.6 Å². The average Bonchev–Trinajstić information content (AvgIpc) is 2.23. The predicted octanol–water partition coefficient (Wildman–Crippen LogP) is 3.73. The molecule has 0 spiro atoms. The van der Waals surface area contributed by atoms with E-state index in [2.05, 4.69) is 4.74 Å². The van der Waals surface area contributed by atoms with E-state index in [1.165, 1.54) is 0 Å². The maximum Gasteiger partial charge on any atom is 0.416 e. The highest BCUT2D eigenvalue weighted by Crippen LogP contribution is 2.32. The first-order chi connectivity index (χ1) is 7.45. The van der Waals surface area contributed by atoms with Crippen LogP contribution in [0.1, 0.15) is 19.4 Å². The lowest BCUT2D eigenvalue weighted by atomic mass is 10.2. The van der Waals surface area contributed by atoms with E-state index in [1.807, 2.05) is 13.8 Å². The second-order valence-corrected chi connectivity index (χ2v) is 2.34. The van der Waals surface area contributed by atoms with E-state index in [4.69, 9.17) is 5.26 Å². The van der Waals surface area contributed by atoms with Crippen molar-refractivity contribution < 1.29 is 22.3 Å². The molecule has 0 N–H and O–H groups in total. The molecule has 1 aromatic rings. The number of rotatable bonds is 1. The molecule has 2 nitrogen and oxygen atoms in total. The molecule has 6 heteroatoms. The van der Waals surface area contributed by atoms with Gasteiger partial charge in [0, 0.05) is 0 Å². The molecular formula is C10H9F4NO. The van der Waals surface area contributed by atoms with Gasteiger partial charge in [-0.15, -0.1) is 5.26 Å². The first kappa shape index (κ1) is 14.2. The molecule has 0 saturated heterocycles. The standard InChI is InChI=1S/C8H3F4NO.C2H6/c9-6-2-1-5(8(10,11)12)3-7(6)14-4-13;1-2/h1-3H;1-2H3. The smallest absolute Gasteiger partial charge is 0.385 e. The molecule has 0 fully saturated rings. The van der Waals surface area contributed by atoms with Crippen molar-refractivity contribution in [1.29, 1.82) is 5.26 Å². The van der Waals surface area contributed by atoms with Gasteiger partial charge in [0.1, 0.15) is 0 Å². The lowest BCUT2D eigenvalue weighted by molar-refractivity contribution is -0.137. The third kappa shape index (κ3) is 3.77. The van der Waals surface area contributed by atoms with E-state index in [0.29, 0.717) is 18.2 Å². The van der Waals surface area contributed by atoms with Gasteiger partial charge in [0.2, 0.25) is 0 Å². The summed E-state index contributed by atoms with van der Waals surface area (Å²) >= 11 is 0. The third-order valence-corrected chi connectivity index (χ3v) is 1.41. The minimum absolute atomic E-state index is 0.429. The molecule has 0 bridgehead atoms. The Bertz CT molecular complexity index is 381. The van der Waals surface area contributed by atoms with Crippen LogP contribution < -0.4 is 4.74 Å². The van der Waals surface area contributed by atoms with Crippen molar-refractivity contribution in [3.05, 3.63) is 29.6 Å². The monoisotopic (exact) mass is 235 g/mol. The van der Waals surface area contributed by atoms with Crippen LogP contribution >= 0.6 is 0 Å². The number of nitrogens with zero attached hydrogens (tertiary/aromatic N) is 1. The van der Waals surface area contributed by atoms with Gasteiger partial charge in [-0.2, -0.15) is 13.2 Å². The molecule has 0 amide bonds. The van der Waals surface area contributed by atoms with Crippen LogP contribution in [0.5, 0.6) is 5.75 Å². The molecule has 0 aliphatic heterocycles. The Morgan fingerprint density at radius 2 is 1.81 bits per heavy atom. The van der Waals surface area contributed by atoms with E-state index < -0.39 is 23.3 Å². The summed E-state index contributed by atoms with van der Waals surface area (Å²) in [6.07, 6.45) is -3.49. The van der Waals surface area contributed by atoms with E-state index >= 15 is 0 Å². The second-order valence-electron chi connectivity index (χ2n) is 2.34. The van der Waals surface area contributed by atoms with E-state index in [9.17, 15) is 17.6 Å². The van der Waals surface area contributed by atoms with Crippen molar-refractivity contribution in [3.8, 4) is 12.0 Å². The van der Waals surface area contributed by atoms with Gasteiger partial charge >= 0.3 is 6.18 Å². The lowest BCUT2D eigenvalue weighted by Crippen LogP contribution is -2.05. The van der Waals surface area contributed by atoms with Crippen LogP contribution in [0.4, 0.5) is 17.6 Å². The van der Waals surface area contributed by atoms with E-state index in [-0.39, 0.29) is 0 Å². The van der Waals surface area contributed by atoms with Gasteiger partial charge < -0.3 is 4.74 Å². The van der Waals surface area contributed by atoms with Crippen molar-refractivity contribution in [2.45, 2.75) is 20.0 Å². The molecule has 1 rings (SSSR count). The Balaban J connectivity index is 0.00000106. The van der Waals surface area contributed by atoms with Crippen LogP contribution in [0.3, 0.4) is 0 Å². The van der Waals surface area contributed by atoms with Gasteiger partial charge in [-0.05, 0) is 18.2 Å². The van der Waals surface area contributed by atoms with Gasteiger partial charge in [-0.25, -0.2) is 4.39 Å². The average molecular weight is 235 g/mol. The number of benzene rings is 1. The van der Waals surface area contributed by atoms with Crippen molar-refractivity contribution in [2.24, 2.45) is 0 Å². The predicted molar refractivity (Wildman–Crippen MR) is 49.0 cm³/mol. The third-order valence-electron chi connectivity index (χ3n) is 1.41. The number of alkyl halides is 3. The molecule has 0 aliphatic rings. The van der Waals surface area contributed by atoms with Crippen molar-refractivity contribution in [1.82, 2.24) is 0 Å². The molecule has 0 unspecified atom stereocenters. The zero-order valence-electron chi connectivity index (χ0n) is 8.60. The number of hydrogen-bond acceptors (Lipinski definition) is 2. The summed E-state index contributed by atoms with van der Waals surface area (Å²) in [6.45, 7) is 4.00. The van der Waals surface area contributed by atoms with Gasteiger partial charge in [0.25, 0.3) is 6.26 Å². The quantitative estimate of drug-likeness (QED) is 0.548. The Morgan fingerprint density at radius 3 is 2.25 bits per heavy atom. The van der Waals surface area contributed by atoms with Gasteiger partial charge in [-0.3, -0.25) is 0 Å². The van der Waals surface area contributed by atoms with Crippen molar-refractivity contribution >= 4 is 0 Å². The Morgan fingerprint density at radius 1 is 1.25 bits per heavy atom. The zero-order chi connectivity index (χ0) is 12.8. The first-order valence-corrected chi connectivity index (χ1v) is 4.38. The summed E-state index contributed by atoms with van der Waals surface area (Å²) in [6, 6.07) is 1.59. The highest BCUT2D eigenvalue weighted by atomic mass is 19.4. The fourth-order valence-electron chi connectivity index (χ4n) is 0.807. The number of halogens is 4. The van der Waals surface area contributed by atoms with Crippen molar-refractivity contribution in [2.75, 3.05) is 0 Å². The molecule has 16 heavy (non-hydrogen) atoms. The normalized spacial score (nSPS) is 9.81. The Labute approximate surface area is 90.1 Å². The highest BCUT2D eigenvalue weighted by Gasteiger charge is 2.31. The highest BCUT2D eigenvalue weighted by molar-refractivity contribution is 5.32. The van der Waals surface area contributed by atoms with Crippen LogP contribution in [-0.4, -0.2) is 0 Å². The summed E-state index contributed by atoms with van der Waals surface area (Å²) in [5.74, 6) is -1.75. The summed E-state index contributed by atoms with van der Waals surface area (Å²) in [5.41, 5.74) is -1.07.